The van der Waals surface area contributed by atoms with Crippen molar-refractivity contribution in [2.24, 2.45) is 7.05 Å². The highest BCUT2D eigenvalue weighted by Gasteiger charge is 2.30. The number of amides is 1. The van der Waals surface area contributed by atoms with Gasteiger partial charge < -0.3 is 10.1 Å². The lowest BCUT2D eigenvalue weighted by molar-refractivity contribution is -0.137. The van der Waals surface area contributed by atoms with E-state index in [2.05, 4.69) is 4.98 Å². The molecule has 0 unspecified atom stereocenters. The summed E-state index contributed by atoms with van der Waals surface area (Å²) in [5, 5.41) is 2.00. The lowest BCUT2D eigenvalue weighted by atomic mass is 10.0. The Balaban J connectivity index is 1.43. The highest BCUT2D eigenvalue weighted by atomic mass is 32.2. The van der Waals surface area contributed by atoms with Gasteiger partial charge in [-0.15, -0.1) is 0 Å². The van der Waals surface area contributed by atoms with Crippen LogP contribution in [0, 0.1) is 0 Å². The van der Waals surface area contributed by atoms with Crippen molar-refractivity contribution in [1.82, 2.24) is 14.9 Å². The van der Waals surface area contributed by atoms with E-state index in [9.17, 15) is 40.7 Å². The third-order valence-electron chi connectivity index (χ3n) is 5.71. The molecule has 41 heavy (non-hydrogen) atoms. The number of aromatic nitrogens is 2. The van der Waals surface area contributed by atoms with Gasteiger partial charge in [-0.2, -0.15) is 26.3 Å². The number of carbonyl (C=O) groups excluding carboxylic acids is 2. The summed E-state index contributed by atoms with van der Waals surface area (Å²) >= 11 is 1.23. The minimum atomic E-state index is -4.61. The van der Waals surface area contributed by atoms with Gasteiger partial charge in [0.1, 0.15) is 12.3 Å². The van der Waals surface area contributed by atoms with Gasteiger partial charge in [0.25, 0.3) is 5.56 Å². The third-order valence-corrected chi connectivity index (χ3v) is 6.81. The van der Waals surface area contributed by atoms with Gasteiger partial charge in [-0.05, 0) is 35.9 Å². The standard InChI is InChI=1S/C27H19F6N3O4S/c1-36-23(38)20-12-19(40-25(39)34-14-26(28,29)30)10-11-21(20)35-24(36)41-13-15-2-4-16(5-3-15)22(37)17-6-8-18(9-7-17)27(31,32)33/h2-12H,13-14H2,1H3,(H,34,39). The first-order chi connectivity index (χ1) is 19.2. The predicted molar refractivity (Wildman–Crippen MR) is 138 cm³/mol. The highest BCUT2D eigenvalue weighted by Crippen LogP contribution is 2.29. The molecule has 0 aliphatic rings. The fourth-order valence-corrected chi connectivity index (χ4v) is 4.54. The molecule has 214 valence electrons. The second-order valence-corrected chi connectivity index (χ2v) is 9.63. The maximum Gasteiger partial charge on any atom is 0.416 e. The molecule has 0 radical (unpaired) electrons. The molecule has 0 aliphatic heterocycles. The van der Waals surface area contributed by atoms with E-state index in [-0.39, 0.29) is 22.2 Å². The monoisotopic (exact) mass is 595 g/mol. The number of ether oxygens (including phenoxy) is 1. The minimum absolute atomic E-state index is 0.0871. The van der Waals surface area contributed by atoms with Crippen LogP contribution in [0.4, 0.5) is 31.1 Å². The van der Waals surface area contributed by atoms with Gasteiger partial charge in [0, 0.05) is 23.9 Å². The number of fused-ring (bicyclic) bond motifs is 1. The topological polar surface area (TPSA) is 90.3 Å². The zero-order chi connectivity index (χ0) is 29.9. The number of carbonyl (C=O) groups is 2. The first-order valence-electron chi connectivity index (χ1n) is 11.7. The summed E-state index contributed by atoms with van der Waals surface area (Å²) in [6, 6.07) is 14.3. The number of rotatable bonds is 7. The van der Waals surface area contributed by atoms with Gasteiger partial charge in [0.2, 0.25) is 0 Å². The number of nitrogens with zero attached hydrogens (tertiary/aromatic N) is 2. The van der Waals surface area contributed by atoms with Crippen LogP contribution >= 0.6 is 11.8 Å². The number of hydrogen-bond donors (Lipinski definition) is 1. The molecule has 0 aliphatic carbocycles. The summed E-state index contributed by atoms with van der Waals surface area (Å²) in [4.78, 5) is 41.6. The molecular formula is C27H19F6N3O4S. The van der Waals surface area contributed by atoms with Crippen LogP contribution in [-0.4, -0.2) is 34.1 Å². The maximum atomic E-state index is 12.9. The van der Waals surface area contributed by atoms with E-state index in [1.165, 1.54) is 41.6 Å². The van der Waals surface area contributed by atoms with Gasteiger partial charge in [-0.3, -0.25) is 14.2 Å². The lowest BCUT2D eigenvalue weighted by Gasteiger charge is -2.11. The smallest absolute Gasteiger partial charge is 0.410 e. The van der Waals surface area contributed by atoms with Gasteiger partial charge in [-0.1, -0.05) is 48.2 Å². The van der Waals surface area contributed by atoms with Crippen molar-refractivity contribution < 1.29 is 40.7 Å². The second-order valence-electron chi connectivity index (χ2n) is 8.69. The average molecular weight is 596 g/mol. The number of thioether (sulfide) groups is 1. The van der Waals surface area contributed by atoms with Crippen LogP contribution in [0.2, 0.25) is 0 Å². The number of hydrogen-bond acceptors (Lipinski definition) is 6. The summed E-state index contributed by atoms with van der Waals surface area (Å²) in [6.07, 6.45) is -10.4. The Morgan fingerprint density at radius 2 is 1.54 bits per heavy atom. The molecule has 0 bridgehead atoms. The van der Waals surface area contributed by atoms with Gasteiger partial charge in [0.05, 0.1) is 16.5 Å². The van der Waals surface area contributed by atoms with Gasteiger partial charge in [-0.25, -0.2) is 9.78 Å². The molecule has 0 atom stereocenters. The fraction of sp³-hybridized carbons (Fsp3) is 0.185. The van der Waals surface area contributed by atoms with E-state index in [1.807, 2.05) is 0 Å². The number of nitrogens with one attached hydrogen (secondary N) is 1. The molecule has 14 heteroatoms. The van der Waals surface area contributed by atoms with Crippen LogP contribution in [0.25, 0.3) is 10.9 Å². The summed E-state index contributed by atoms with van der Waals surface area (Å²) in [5.41, 5.74) is 0.138. The van der Waals surface area contributed by atoms with Crippen LogP contribution < -0.4 is 15.6 Å². The van der Waals surface area contributed by atoms with Gasteiger partial charge >= 0.3 is 18.4 Å². The number of benzene rings is 3. The van der Waals surface area contributed by atoms with Crippen molar-refractivity contribution in [1.29, 1.82) is 0 Å². The van der Waals surface area contributed by atoms with E-state index >= 15 is 0 Å². The summed E-state index contributed by atoms with van der Waals surface area (Å²) in [5.74, 6) is -0.207. The average Bonchev–Trinajstić information content (AvgIpc) is 2.92. The fourth-order valence-electron chi connectivity index (χ4n) is 3.62. The normalized spacial score (nSPS) is 11.9. The molecule has 0 fully saturated rings. The van der Waals surface area contributed by atoms with Crippen LogP contribution in [0.1, 0.15) is 27.0 Å². The number of halogens is 6. The SMILES string of the molecule is Cn1c(SCc2ccc(C(=O)c3ccc(C(F)(F)F)cc3)cc2)nc2ccc(OC(=O)NCC(F)(F)F)cc2c1=O. The van der Waals surface area contributed by atoms with Crippen molar-refractivity contribution in [3.8, 4) is 5.75 Å². The lowest BCUT2D eigenvalue weighted by Crippen LogP contribution is -2.35. The van der Waals surface area contributed by atoms with E-state index in [0.717, 1.165) is 29.8 Å². The molecule has 0 saturated carbocycles. The first kappa shape index (κ1) is 29.6. The van der Waals surface area contributed by atoms with E-state index in [1.54, 1.807) is 29.6 Å². The largest absolute Gasteiger partial charge is 0.416 e. The number of alkyl halides is 6. The third kappa shape index (κ3) is 7.45. The summed E-state index contributed by atoms with van der Waals surface area (Å²) in [7, 11) is 1.48. The van der Waals surface area contributed by atoms with Crippen molar-refractivity contribution >= 4 is 34.5 Å². The highest BCUT2D eigenvalue weighted by molar-refractivity contribution is 7.98. The Labute approximate surface area is 232 Å². The molecule has 4 aromatic rings. The van der Waals surface area contributed by atoms with Crippen molar-refractivity contribution in [2.45, 2.75) is 23.3 Å². The molecule has 1 amide bonds. The Bertz CT molecular complexity index is 1650. The Morgan fingerprint density at radius 1 is 0.927 bits per heavy atom. The minimum Gasteiger partial charge on any atom is -0.410 e. The van der Waals surface area contributed by atoms with E-state index in [0.29, 0.717) is 16.5 Å². The van der Waals surface area contributed by atoms with Crippen LogP contribution in [0.3, 0.4) is 0 Å². The zero-order valence-corrected chi connectivity index (χ0v) is 21.8. The Hall–Kier alpha value is -4.33. The molecule has 1 aromatic heterocycles. The zero-order valence-electron chi connectivity index (χ0n) is 21.0. The molecule has 7 nitrogen and oxygen atoms in total. The quantitative estimate of drug-likeness (QED) is 0.120. The predicted octanol–water partition coefficient (Wildman–Crippen LogP) is 6.13. The molecule has 1 N–H and O–H groups in total. The van der Waals surface area contributed by atoms with Crippen molar-refractivity contribution in [3.63, 3.8) is 0 Å². The van der Waals surface area contributed by atoms with Crippen molar-refractivity contribution in [3.05, 3.63) is 99.3 Å². The molecule has 1 heterocycles. The second kappa shape index (κ2) is 11.6. The summed E-state index contributed by atoms with van der Waals surface area (Å²) < 4.78 is 81.1. The van der Waals surface area contributed by atoms with Crippen LogP contribution in [0.5, 0.6) is 5.75 Å². The van der Waals surface area contributed by atoms with Gasteiger partial charge in [0.15, 0.2) is 10.9 Å². The maximum absolute atomic E-state index is 12.9. The molecule has 0 spiro atoms. The van der Waals surface area contributed by atoms with Crippen LogP contribution in [-0.2, 0) is 19.0 Å². The van der Waals surface area contributed by atoms with Crippen molar-refractivity contribution in [2.75, 3.05) is 6.54 Å². The Morgan fingerprint density at radius 3 is 2.12 bits per heavy atom. The van der Waals surface area contributed by atoms with E-state index in [4.69, 9.17) is 4.74 Å². The summed E-state index contributed by atoms with van der Waals surface area (Å²) in [6.45, 7) is -1.57. The Kier molecular flexibility index (Phi) is 8.42. The molecular weight excluding hydrogens is 576 g/mol. The van der Waals surface area contributed by atoms with E-state index < -0.39 is 41.9 Å². The molecule has 3 aromatic carbocycles. The molecule has 4 rings (SSSR count). The first-order valence-corrected chi connectivity index (χ1v) is 12.7. The number of ketones is 1. The molecule has 0 saturated heterocycles. The van der Waals surface area contributed by atoms with Crippen LogP contribution in [0.15, 0.2) is 76.7 Å².